The summed E-state index contributed by atoms with van der Waals surface area (Å²) in [6.07, 6.45) is 1.78. The monoisotopic (exact) mass is 316 g/mol. The summed E-state index contributed by atoms with van der Waals surface area (Å²) < 4.78 is 29.4. The van der Waals surface area contributed by atoms with Crippen LogP contribution in [0.1, 0.15) is 23.1 Å². The maximum atomic E-state index is 12.6. The molecule has 0 spiro atoms. The molecule has 3 rings (SSSR count). The van der Waals surface area contributed by atoms with Crippen LogP contribution in [0, 0.1) is 6.92 Å². The van der Waals surface area contributed by atoms with E-state index in [0.29, 0.717) is 13.1 Å². The fourth-order valence-corrected chi connectivity index (χ4v) is 4.02. The van der Waals surface area contributed by atoms with Crippen molar-refractivity contribution in [3.05, 3.63) is 65.2 Å². The summed E-state index contributed by atoms with van der Waals surface area (Å²) in [4.78, 5) is 0. The van der Waals surface area contributed by atoms with Crippen LogP contribution in [0.2, 0.25) is 0 Å². The topological polar surface area (TPSA) is 49.4 Å². The van der Waals surface area contributed by atoms with Crippen LogP contribution in [-0.2, 0) is 23.2 Å². The zero-order valence-electron chi connectivity index (χ0n) is 12.6. The van der Waals surface area contributed by atoms with Crippen LogP contribution in [0.25, 0.3) is 0 Å². The highest BCUT2D eigenvalue weighted by Crippen LogP contribution is 2.28. The summed E-state index contributed by atoms with van der Waals surface area (Å²) in [5.41, 5.74) is 4.01. The van der Waals surface area contributed by atoms with Crippen molar-refractivity contribution in [2.45, 2.75) is 26.3 Å². The van der Waals surface area contributed by atoms with Gasteiger partial charge in [-0.25, -0.2) is 0 Å². The molecule has 0 bridgehead atoms. The molecule has 0 fully saturated rings. The number of aryl methyl sites for hydroxylation is 2. The number of para-hydroxylation sites is 1. The van der Waals surface area contributed by atoms with Crippen LogP contribution >= 0.6 is 0 Å². The molecule has 1 aliphatic rings. The number of nitrogens with zero attached hydrogens (tertiary/aromatic N) is 1. The fraction of sp³-hybridized carbons (Fsp3) is 0.294. The fourth-order valence-electron chi connectivity index (χ4n) is 2.71. The largest absolute Gasteiger partial charge is 0.301 e. The maximum Gasteiger partial charge on any atom is 0.301 e. The lowest BCUT2D eigenvalue weighted by molar-refractivity contribution is 0.572. The van der Waals surface area contributed by atoms with E-state index < -0.39 is 10.2 Å². The highest BCUT2D eigenvalue weighted by Gasteiger charge is 2.26. The van der Waals surface area contributed by atoms with Crippen LogP contribution in [0.3, 0.4) is 0 Å². The predicted molar refractivity (Wildman–Crippen MR) is 89.0 cm³/mol. The zero-order valence-corrected chi connectivity index (χ0v) is 13.4. The van der Waals surface area contributed by atoms with Crippen molar-refractivity contribution >= 4 is 15.9 Å². The molecule has 0 aliphatic carbocycles. The van der Waals surface area contributed by atoms with E-state index in [1.54, 1.807) is 0 Å². The second-order valence-corrected chi connectivity index (χ2v) is 7.30. The molecular formula is C17H20N2O2S. The van der Waals surface area contributed by atoms with Gasteiger partial charge in [-0.1, -0.05) is 48.0 Å². The highest BCUT2D eigenvalue weighted by molar-refractivity contribution is 7.90. The highest BCUT2D eigenvalue weighted by atomic mass is 32.2. The second kappa shape index (κ2) is 6.10. The van der Waals surface area contributed by atoms with Crippen LogP contribution in [0.15, 0.2) is 48.5 Å². The van der Waals surface area contributed by atoms with Crippen molar-refractivity contribution in [3.63, 3.8) is 0 Å². The van der Waals surface area contributed by atoms with Crippen molar-refractivity contribution in [1.29, 1.82) is 0 Å². The van der Waals surface area contributed by atoms with Gasteiger partial charge < -0.3 is 0 Å². The summed E-state index contributed by atoms with van der Waals surface area (Å²) in [6, 6.07) is 15.6. The van der Waals surface area contributed by atoms with Crippen LogP contribution in [0.4, 0.5) is 5.69 Å². The molecule has 5 heteroatoms. The molecule has 2 aromatic carbocycles. The zero-order chi connectivity index (χ0) is 15.6. The quantitative estimate of drug-likeness (QED) is 0.943. The summed E-state index contributed by atoms with van der Waals surface area (Å²) in [6.45, 7) is 2.85. The SMILES string of the molecule is Cc1ccc(CNS(=O)(=O)N2CCCc3ccccc32)cc1. The molecule has 22 heavy (non-hydrogen) atoms. The van der Waals surface area contributed by atoms with E-state index in [1.165, 1.54) is 4.31 Å². The van der Waals surface area contributed by atoms with E-state index in [2.05, 4.69) is 4.72 Å². The molecule has 0 aromatic heterocycles. The molecule has 116 valence electrons. The van der Waals surface area contributed by atoms with Gasteiger partial charge in [-0.3, -0.25) is 4.31 Å². The number of hydrogen-bond acceptors (Lipinski definition) is 2. The first kappa shape index (κ1) is 15.1. The van der Waals surface area contributed by atoms with E-state index in [-0.39, 0.29) is 0 Å². The molecule has 0 amide bonds. The Hall–Kier alpha value is -1.85. The average molecular weight is 316 g/mol. The molecule has 0 radical (unpaired) electrons. The summed E-state index contributed by atoms with van der Waals surface area (Å²) in [5, 5.41) is 0. The molecule has 0 saturated carbocycles. The van der Waals surface area contributed by atoms with Crippen molar-refractivity contribution in [2.24, 2.45) is 0 Å². The van der Waals surface area contributed by atoms with Gasteiger partial charge in [0.1, 0.15) is 0 Å². The Labute approximate surface area is 132 Å². The lowest BCUT2D eigenvalue weighted by atomic mass is 10.0. The van der Waals surface area contributed by atoms with Gasteiger partial charge in [0.05, 0.1) is 5.69 Å². The molecule has 0 unspecified atom stereocenters. The molecule has 4 nitrogen and oxygen atoms in total. The minimum atomic E-state index is -3.52. The van der Waals surface area contributed by atoms with Gasteiger partial charge in [0.15, 0.2) is 0 Å². The number of benzene rings is 2. The van der Waals surface area contributed by atoms with Crippen molar-refractivity contribution in [1.82, 2.24) is 4.72 Å². The first-order valence-corrected chi connectivity index (χ1v) is 8.91. The van der Waals surface area contributed by atoms with Gasteiger partial charge in [0.25, 0.3) is 0 Å². The second-order valence-electron chi connectivity index (χ2n) is 5.62. The van der Waals surface area contributed by atoms with Crippen LogP contribution < -0.4 is 9.03 Å². The first-order valence-electron chi connectivity index (χ1n) is 7.47. The maximum absolute atomic E-state index is 12.6. The normalized spacial score (nSPS) is 14.7. The number of rotatable bonds is 4. The van der Waals surface area contributed by atoms with Crippen molar-refractivity contribution < 1.29 is 8.42 Å². The number of nitrogens with one attached hydrogen (secondary N) is 1. The summed E-state index contributed by atoms with van der Waals surface area (Å²) in [5.74, 6) is 0. The smallest absolute Gasteiger partial charge is 0.258 e. The Morgan fingerprint density at radius 1 is 1.09 bits per heavy atom. The van der Waals surface area contributed by atoms with Crippen molar-refractivity contribution in [3.8, 4) is 0 Å². The van der Waals surface area contributed by atoms with E-state index in [0.717, 1.165) is 35.2 Å². The first-order chi connectivity index (χ1) is 10.6. The predicted octanol–water partition coefficient (Wildman–Crippen LogP) is 2.78. The van der Waals surface area contributed by atoms with Gasteiger partial charge in [-0.05, 0) is 37.0 Å². The van der Waals surface area contributed by atoms with E-state index in [1.807, 2.05) is 55.5 Å². The lowest BCUT2D eigenvalue weighted by Crippen LogP contribution is -2.43. The third-order valence-corrected chi connectivity index (χ3v) is 5.41. The average Bonchev–Trinajstić information content (AvgIpc) is 2.54. The number of hydrogen-bond donors (Lipinski definition) is 1. The molecule has 0 saturated heterocycles. The number of anilines is 1. The van der Waals surface area contributed by atoms with Crippen molar-refractivity contribution in [2.75, 3.05) is 10.8 Å². The van der Waals surface area contributed by atoms with E-state index >= 15 is 0 Å². The minimum absolute atomic E-state index is 0.307. The molecule has 1 heterocycles. The standard InChI is InChI=1S/C17H20N2O2S/c1-14-8-10-15(11-9-14)13-18-22(20,21)19-12-4-6-16-5-2-3-7-17(16)19/h2-3,5,7-11,18H,4,6,12-13H2,1H3. The lowest BCUT2D eigenvalue weighted by Gasteiger charge is -2.30. The van der Waals surface area contributed by atoms with Gasteiger partial charge in [0.2, 0.25) is 0 Å². The van der Waals surface area contributed by atoms with Gasteiger partial charge in [-0.2, -0.15) is 13.1 Å². The molecule has 2 aromatic rings. The Balaban J connectivity index is 1.78. The molecule has 1 aliphatic heterocycles. The molecule has 1 N–H and O–H groups in total. The summed E-state index contributed by atoms with van der Waals surface area (Å²) >= 11 is 0. The Bertz CT molecular complexity index is 754. The van der Waals surface area contributed by atoms with Gasteiger partial charge in [-0.15, -0.1) is 0 Å². The molecule has 0 atom stereocenters. The van der Waals surface area contributed by atoms with Gasteiger partial charge >= 0.3 is 10.2 Å². The van der Waals surface area contributed by atoms with Crippen LogP contribution in [0.5, 0.6) is 0 Å². The molecular weight excluding hydrogens is 296 g/mol. The van der Waals surface area contributed by atoms with E-state index in [4.69, 9.17) is 0 Å². The van der Waals surface area contributed by atoms with Gasteiger partial charge in [0, 0.05) is 13.1 Å². The van der Waals surface area contributed by atoms with Crippen LogP contribution in [-0.4, -0.2) is 15.0 Å². The Morgan fingerprint density at radius 3 is 2.59 bits per heavy atom. The van der Waals surface area contributed by atoms with E-state index in [9.17, 15) is 8.42 Å². The summed E-state index contributed by atoms with van der Waals surface area (Å²) in [7, 11) is -3.52. The Morgan fingerprint density at radius 2 is 1.82 bits per heavy atom. The number of fused-ring (bicyclic) bond motifs is 1. The third-order valence-electron chi connectivity index (χ3n) is 3.94. The minimum Gasteiger partial charge on any atom is -0.258 e. The Kier molecular flexibility index (Phi) is 4.18. The third kappa shape index (κ3) is 3.15.